The Morgan fingerprint density at radius 3 is 2.34 bits per heavy atom. The molecule has 8 heteroatoms. The van der Waals surface area contributed by atoms with Gasteiger partial charge in [-0.3, -0.25) is 15.1 Å². The molecule has 0 saturated carbocycles. The molecule has 178 valence electrons. The second-order valence-corrected chi connectivity index (χ2v) is 8.25. The van der Waals surface area contributed by atoms with Crippen molar-refractivity contribution in [2.24, 2.45) is 5.10 Å². The topological polar surface area (TPSA) is 100 Å². The number of carbonyl (C=O) groups is 3. The van der Waals surface area contributed by atoms with Gasteiger partial charge in [-0.05, 0) is 43.2 Å². The summed E-state index contributed by atoms with van der Waals surface area (Å²) in [5, 5.41) is 11.1. The highest BCUT2D eigenvalue weighted by molar-refractivity contribution is 6.37. The lowest BCUT2D eigenvalue weighted by Gasteiger charge is -2.23. The number of ether oxygens (including phenoxy) is 1. The van der Waals surface area contributed by atoms with Gasteiger partial charge in [-0.15, -0.1) is 0 Å². The highest BCUT2D eigenvalue weighted by Gasteiger charge is 2.33. The van der Waals surface area contributed by atoms with Crippen molar-refractivity contribution in [1.29, 1.82) is 0 Å². The van der Waals surface area contributed by atoms with Crippen molar-refractivity contribution in [2.75, 3.05) is 16.9 Å². The molecular weight excluding hydrogens is 444 g/mol. The zero-order chi connectivity index (χ0) is 24.8. The van der Waals surface area contributed by atoms with Crippen LogP contribution in [0.15, 0.2) is 84.0 Å². The van der Waals surface area contributed by atoms with Gasteiger partial charge in [0.15, 0.2) is 6.61 Å². The summed E-state index contributed by atoms with van der Waals surface area (Å²) in [6.45, 7) is 3.21. The summed E-state index contributed by atoms with van der Waals surface area (Å²) in [6.07, 6.45) is 0.326. The van der Waals surface area contributed by atoms with E-state index in [0.717, 1.165) is 22.4 Å². The summed E-state index contributed by atoms with van der Waals surface area (Å²) in [5.41, 5.74) is 4.57. The van der Waals surface area contributed by atoms with E-state index in [1.807, 2.05) is 86.6 Å². The molecule has 2 N–H and O–H groups in total. The molecule has 1 aliphatic heterocycles. The van der Waals surface area contributed by atoms with Crippen molar-refractivity contribution >= 4 is 35.0 Å². The number of esters is 1. The quantitative estimate of drug-likeness (QED) is 0.517. The third-order valence-electron chi connectivity index (χ3n) is 5.57. The van der Waals surface area contributed by atoms with Crippen LogP contribution in [0.3, 0.4) is 0 Å². The molecule has 3 aromatic carbocycles. The van der Waals surface area contributed by atoms with E-state index in [2.05, 4.69) is 15.7 Å². The van der Waals surface area contributed by atoms with E-state index in [0.29, 0.717) is 12.1 Å². The molecule has 3 amide bonds. The highest BCUT2D eigenvalue weighted by atomic mass is 16.5. The molecule has 0 aliphatic carbocycles. The van der Waals surface area contributed by atoms with Crippen molar-refractivity contribution in [3.8, 4) is 0 Å². The van der Waals surface area contributed by atoms with Crippen LogP contribution < -0.4 is 15.6 Å². The van der Waals surface area contributed by atoms with Crippen LogP contribution in [0.4, 0.5) is 16.2 Å². The van der Waals surface area contributed by atoms with Gasteiger partial charge in [0.1, 0.15) is 5.71 Å². The number of rotatable bonds is 6. The van der Waals surface area contributed by atoms with Crippen molar-refractivity contribution in [1.82, 2.24) is 5.32 Å². The molecule has 1 aliphatic rings. The monoisotopic (exact) mass is 470 g/mol. The van der Waals surface area contributed by atoms with E-state index >= 15 is 0 Å². The summed E-state index contributed by atoms with van der Waals surface area (Å²) < 4.78 is 5.16. The Balaban J connectivity index is 1.36. The van der Waals surface area contributed by atoms with Crippen molar-refractivity contribution in [3.05, 3.63) is 95.6 Å². The lowest BCUT2D eigenvalue weighted by molar-refractivity contribution is -0.141. The van der Waals surface area contributed by atoms with Gasteiger partial charge in [0, 0.05) is 12.1 Å². The van der Waals surface area contributed by atoms with Crippen molar-refractivity contribution in [2.45, 2.75) is 26.3 Å². The number of para-hydroxylation sites is 1. The molecule has 0 aromatic heterocycles. The first-order valence-corrected chi connectivity index (χ1v) is 11.2. The maximum atomic E-state index is 12.7. The normalized spacial score (nSPS) is 14.7. The Morgan fingerprint density at radius 2 is 1.66 bits per heavy atom. The van der Waals surface area contributed by atoms with E-state index in [4.69, 9.17) is 4.74 Å². The fourth-order valence-corrected chi connectivity index (χ4v) is 3.87. The lowest BCUT2D eigenvalue weighted by atomic mass is 10.0. The number of carbonyl (C=O) groups excluding carboxylic acids is 3. The second-order valence-electron chi connectivity index (χ2n) is 8.25. The lowest BCUT2D eigenvalue weighted by Crippen LogP contribution is -2.37. The third-order valence-corrected chi connectivity index (χ3v) is 5.57. The number of anilines is 2. The largest absolute Gasteiger partial charge is 0.451 e. The number of hydrogen-bond donors (Lipinski definition) is 2. The number of aryl methyl sites for hydroxylation is 2. The van der Waals surface area contributed by atoms with E-state index in [1.54, 1.807) is 11.1 Å². The highest BCUT2D eigenvalue weighted by Crippen LogP contribution is 2.35. The van der Waals surface area contributed by atoms with E-state index < -0.39 is 24.5 Å². The molecular formula is C27H26N4O4. The van der Waals surface area contributed by atoms with Crippen LogP contribution >= 0.6 is 0 Å². The number of nitrogens with zero attached hydrogens (tertiary/aromatic N) is 2. The number of hydrazone groups is 1. The SMILES string of the molecule is Cc1ccc(NC(=O)NC(=O)COC(=O)C2=NN(c3ccccc3)C(c3ccccc3)C2)c(C)c1. The molecule has 1 atom stereocenters. The van der Waals surface area contributed by atoms with Gasteiger partial charge in [0.05, 0.1) is 11.7 Å². The smallest absolute Gasteiger partial charge is 0.355 e. The Bertz CT molecular complexity index is 1260. The predicted octanol–water partition coefficient (Wildman–Crippen LogP) is 4.50. The minimum atomic E-state index is -0.737. The Hall–Kier alpha value is -4.46. The maximum Gasteiger partial charge on any atom is 0.355 e. The fraction of sp³-hybridized carbons (Fsp3) is 0.185. The Labute approximate surface area is 203 Å². The van der Waals surface area contributed by atoms with Crippen LogP contribution in [0.25, 0.3) is 0 Å². The number of hydrogen-bond acceptors (Lipinski definition) is 6. The minimum Gasteiger partial charge on any atom is -0.451 e. The molecule has 3 aromatic rings. The van der Waals surface area contributed by atoms with E-state index in [-0.39, 0.29) is 11.8 Å². The first-order valence-electron chi connectivity index (χ1n) is 11.2. The van der Waals surface area contributed by atoms with Gasteiger partial charge in [0.2, 0.25) is 0 Å². The van der Waals surface area contributed by atoms with Crippen molar-refractivity contribution in [3.63, 3.8) is 0 Å². The summed E-state index contributed by atoms with van der Waals surface area (Å²) in [5.74, 6) is -1.44. The summed E-state index contributed by atoms with van der Waals surface area (Å²) in [4.78, 5) is 37.0. The fourth-order valence-electron chi connectivity index (χ4n) is 3.87. The number of nitrogens with one attached hydrogen (secondary N) is 2. The average molecular weight is 471 g/mol. The zero-order valence-electron chi connectivity index (χ0n) is 19.5. The van der Waals surface area contributed by atoms with Gasteiger partial charge in [-0.2, -0.15) is 5.10 Å². The van der Waals surface area contributed by atoms with Crippen LogP contribution in [0.2, 0.25) is 0 Å². The van der Waals surface area contributed by atoms with E-state index in [1.165, 1.54) is 0 Å². The maximum absolute atomic E-state index is 12.7. The number of benzene rings is 3. The number of imide groups is 1. The molecule has 4 rings (SSSR count). The Kier molecular flexibility index (Phi) is 7.21. The number of urea groups is 1. The van der Waals surface area contributed by atoms with Gasteiger partial charge < -0.3 is 10.1 Å². The Morgan fingerprint density at radius 1 is 0.971 bits per heavy atom. The third kappa shape index (κ3) is 5.92. The van der Waals surface area contributed by atoms with Gasteiger partial charge in [0.25, 0.3) is 5.91 Å². The van der Waals surface area contributed by atoms with Crippen LogP contribution in [-0.4, -0.2) is 30.2 Å². The summed E-state index contributed by atoms with van der Waals surface area (Å²) >= 11 is 0. The first kappa shape index (κ1) is 23.7. The second kappa shape index (κ2) is 10.6. The zero-order valence-corrected chi connectivity index (χ0v) is 19.5. The minimum absolute atomic E-state index is 0.182. The molecule has 0 saturated heterocycles. The molecule has 35 heavy (non-hydrogen) atoms. The van der Waals surface area contributed by atoms with Crippen LogP contribution in [0.1, 0.15) is 29.2 Å². The average Bonchev–Trinajstić information content (AvgIpc) is 3.31. The molecule has 0 radical (unpaired) electrons. The molecule has 1 unspecified atom stereocenters. The van der Waals surface area contributed by atoms with Crippen LogP contribution in [0.5, 0.6) is 0 Å². The van der Waals surface area contributed by atoms with E-state index in [9.17, 15) is 14.4 Å². The van der Waals surface area contributed by atoms with Crippen molar-refractivity contribution < 1.29 is 19.1 Å². The molecule has 0 bridgehead atoms. The van der Waals surface area contributed by atoms with Crippen LogP contribution in [-0.2, 0) is 14.3 Å². The molecule has 0 fully saturated rings. The van der Waals surface area contributed by atoms with Crippen LogP contribution in [0, 0.1) is 13.8 Å². The first-order chi connectivity index (χ1) is 16.9. The van der Waals surface area contributed by atoms with Gasteiger partial charge in [-0.1, -0.05) is 66.2 Å². The number of amides is 3. The standard InChI is InChI=1S/C27H26N4O4/c1-18-13-14-22(19(2)15-18)28-27(34)29-25(32)17-35-26(33)23-16-24(20-9-5-3-6-10-20)31(30-23)21-11-7-4-8-12-21/h3-15,24H,16-17H2,1-2H3,(H2,28,29,32,34). The molecule has 8 nitrogen and oxygen atoms in total. The molecule has 0 spiro atoms. The predicted molar refractivity (Wildman–Crippen MR) is 134 cm³/mol. The summed E-state index contributed by atoms with van der Waals surface area (Å²) in [7, 11) is 0. The van der Waals surface area contributed by atoms with Gasteiger partial charge >= 0.3 is 12.0 Å². The van der Waals surface area contributed by atoms with Gasteiger partial charge in [-0.25, -0.2) is 9.59 Å². The summed E-state index contributed by atoms with van der Waals surface area (Å²) in [6, 6.07) is 23.9. The molecule has 1 heterocycles.